The number of halogens is 1. The number of aromatic nitrogens is 1. The second-order valence-corrected chi connectivity index (χ2v) is 3.22. The van der Waals surface area contributed by atoms with Gasteiger partial charge < -0.3 is 10.1 Å². The van der Waals surface area contributed by atoms with Crippen LogP contribution in [0.25, 0.3) is 0 Å². The number of methoxy groups -OCH3 is 1. The maximum Gasteiger partial charge on any atom is 0.214 e. The zero-order valence-corrected chi connectivity index (χ0v) is 10.8. The van der Waals surface area contributed by atoms with Crippen LogP contribution >= 0.6 is 0 Å². The van der Waals surface area contributed by atoms with Gasteiger partial charge >= 0.3 is 0 Å². The van der Waals surface area contributed by atoms with E-state index in [1.54, 1.807) is 13.2 Å². The molecule has 18 heavy (non-hydrogen) atoms. The maximum atomic E-state index is 12.8. The molecule has 0 aliphatic rings. The van der Waals surface area contributed by atoms with E-state index >= 15 is 0 Å². The molecule has 0 amide bonds. The van der Waals surface area contributed by atoms with Gasteiger partial charge in [0, 0.05) is 23.6 Å². The Morgan fingerprint density at radius 3 is 2.28 bits per heavy atom. The topological polar surface area (TPSA) is 34.1 Å². The Morgan fingerprint density at radius 1 is 1.06 bits per heavy atom. The molecule has 2 rings (SSSR count). The third-order valence-electron chi connectivity index (χ3n) is 2.11. The number of nitrogens with one attached hydrogen (secondary N) is 1. The number of benzene rings is 1. The lowest BCUT2D eigenvalue weighted by atomic mass is 10.3. The molecule has 96 valence electrons. The Kier molecular flexibility index (Phi) is 5.64. The van der Waals surface area contributed by atoms with Crippen LogP contribution < -0.4 is 10.1 Å². The summed E-state index contributed by atoms with van der Waals surface area (Å²) >= 11 is 0. The molecule has 0 saturated carbocycles. The summed E-state index contributed by atoms with van der Waals surface area (Å²) in [6, 6.07) is 10.4. The highest BCUT2D eigenvalue weighted by molar-refractivity contribution is 5.59. The van der Waals surface area contributed by atoms with Gasteiger partial charge in [0.2, 0.25) is 5.95 Å². The first-order chi connectivity index (χ1) is 8.78. The lowest BCUT2D eigenvalue weighted by Gasteiger charge is -2.06. The Bertz CT molecular complexity index is 471. The van der Waals surface area contributed by atoms with Crippen molar-refractivity contribution >= 4 is 11.4 Å². The van der Waals surface area contributed by atoms with Gasteiger partial charge in [-0.1, -0.05) is 13.8 Å². The largest absolute Gasteiger partial charge is 0.497 e. The average molecular weight is 248 g/mol. The molecule has 1 aromatic carbocycles. The van der Waals surface area contributed by atoms with Crippen molar-refractivity contribution in [2.45, 2.75) is 13.8 Å². The Labute approximate surface area is 107 Å². The highest BCUT2D eigenvalue weighted by Crippen LogP contribution is 2.19. The molecule has 1 aromatic heterocycles. The third kappa shape index (κ3) is 4.05. The quantitative estimate of drug-likeness (QED) is 0.834. The number of pyridine rings is 1. The van der Waals surface area contributed by atoms with Crippen LogP contribution in [0.4, 0.5) is 15.8 Å². The van der Waals surface area contributed by atoms with Crippen LogP contribution in [0.3, 0.4) is 0 Å². The van der Waals surface area contributed by atoms with Gasteiger partial charge in [-0.2, -0.15) is 4.39 Å². The number of hydrogen-bond donors (Lipinski definition) is 1. The highest BCUT2D eigenvalue weighted by atomic mass is 19.1. The molecule has 0 aliphatic carbocycles. The molecule has 0 bridgehead atoms. The molecule has 0 atom stereocenters. The molecule has 0 aliphatic heterocycles. The van der Waals surface area contributed by atoms with Gasteiger partial charge in [-0.3, -0.25) is 0 Å². The van der Waals surface area contributed by atoms with E-state index in [-0.39, 0.29) is 0 Å². The predicted molar refractivity (Wildman–Crippen MR) is 71.8 cm³/mol. The summed E-state index contributed by atoms with van der Waals surface area (Å²) in [6.45, 7) is 4.00. The second-order valence-electron chi connectivity index (χ2n) is 3.22. The molecule has 0 unspecified atom stereocenters. The molecule has 1 heterocycles. The number of rotatable bonds is 3. The van der Waals surface area contributed by atoms with Crippen LogP contribution in [0, 0.1) is 5.95 Å². The van der Waals surface area contributed by atoms with Gasteiger partial charge in [0.05, 0.1) is 7.11 Å². The molecule has 0 spiro atoms. The summed E-state index contributed by atoms with van der Waals surface area (Å²) in [5, 5.41) is 3.06. The van der Waals surface area contributed by atoms with E-state index in [1.165, 1.54) is 12.3 Å². The fourth-order valence-corrected chi connectivity index (χ4v) is 1.32. The fourth-order valence-electron chi connectivity index (χ4n) is 1.32. The van der Waals surface area contributed by atoms with E-state index in [1.807, 2.05) is 38.1 Å². The van der Waals surface area contributed by atoms with Crippen molar-refractivity contribution in [2.24, 2.45) is 0 Å². The maximum absolute atomic E-state index is 12.8. The third-order valence-corrected chi connectivity index (χ3v) is 2.11. The van der Waals surface area contributed by atoms with E-state index < -0.39 is 5.95 Å². The van der Waals surface area contributed by atoms with Crippen molar-refractivity contribution in [1.29, 1.82) is 0 Å². The van der Waals surface area contributed by atoms with Gasteiger partial charge in [0.1, 0.15) is 5.75 Å². The Hall–Kier alpha value is -2.10. The van der Waals surface area contributed by atoms with Crippen LogP contribution in [0.5, 0.6) is 5.75 Å². The van der Waals surface area contributed by atoms with Crippen molar-refractivity contribution in [3.63, 3.8) is 0 Å². The first-order valence-corrected chi connectivity index (χ1v) is 5.80. The van der Waals surface area contributed by atoms with Crippen LogP contribution in [0.1, 0.15) is 13.8 Å². The molecule has 2 aromatic rings. The smallest absolute Gasteiger partial charge is 0.214 e. The van der Waals surface area contributed by atoms with Gasteiger partial charge in [0.25, 0.3) is 0 Å². The van der Waals surface area contributed by atoms with Crippen molar-refractivity contribution in [3.05, 3.63) is 48.5 Å². The Morgan fingerprint density at radius 2 is 1.72 bits per heavy atom. The van der Waals surface area contributed by atoms with E-state index in [0.717, 1.165) is 11.4 Å². The summed E-state index contributed by atoms with van der Waals surface area (Å²) in [7, 11) is 1.61. The first-order valence-electron chi connectivity index (χ1n) is 5.80. The summed E-state index contributed by atoms with van der Waals surface area (Å²) in [5.74, 6) is 0.282. The predicted octanol–water partition coefficient (Wildman–Crippen LogP) is 4.00. The molecule has 1 N–H and O–H groups in total. The van der Waals surface area contributed by atoms with Crippen LogP contribution in [0.15, 0.2) is 42.6 Å². The number of hydrogen-bond acceptors (Lipinski definition) is 3. The summed E-state index contributed by atoms with van der Waals surface area (Å²) in [4.78, 5) is 3.48. The van der Waals surface area contributed by atoms with Crippen molar-refractivity contribution in [1.82, 2.24) is 4.98 Å². The minimum atomic E-state index is -0.501. The number of ether oxygens (including phenoxy) is 1. The fraction of sp³-hybridized carbons (Fsp3) is 0.214. The first kappa shape index (κ1) is 14.0. The molecule has 0 radical (unpaired) electrons. The number of anilines is 2. The molecule has 3 nitrogen and oxygen atoms in total. The van der Waals surface area contributed by atoms with E-state index in [9.17, 15) is 4.39 Å². The van der Waals surface area contributed by atoms with E-state index in [0.29, 0.717) is 5.69 Å². The summed E-state index contributed by atoms with van der Waals surface area (Å²) in [5.41, 5.74) is 1.53. The van der Waals surface area contributed by atoms with Gasteiger partial charge in [-0.05, 0) is 30.3 Å². The minimum Gasteiger partial charge on any atom is -0.497 e. The molecular formula is C14H17FN2O. The van der Waals surface area contributed by atoms with Crippen molar-refractivity contribution in [2.75, 3.05) is 12.4 Å². The zero-order valence-electron chi connectivity index (χ0n) is 10.8. The summed E-state index contributed by atoms with van der Waals surface area (Å²) in [6.07, 6.45) is 1.42. The zero-order chi connectivity index (χ0) is 13.4. The Balaban J connectivity index is 0.000000771. The normalized spacial score (nSPS) is 9.11. The average Bonchev–Trinajstić information content (AvgIpc) is 2.42. The number of nitrogens with zero attached hydrogens (tertiary/aromatic N) is 1. The monoisotopic (exact) mass is 248 g/mol. The van der Waals surface area contributed by atoms with Gasteiger partial charge in [-0.15, -0.1) is 0 Å². The highest BCUT2D eigenvalue weighted by Gasteiger charge is 1.97. The van der Waals surface area contributed by atoms with Gasteiger partial charge in [-0.25, -0.2) is 4.98 Å². The minimum absolute atomic E-state index is 0.501. The van der Waals surface area contributed by atoms with Crippen molar-refractivity contribution in [3.8, 4) is 5.75 Å². The SMILES string of the molecule is CC.COc1ccc(Nc2ccnc(F)c2)cc1. The molecule has 0 saturated heterocycles. The van der Waals surface area contributed by atoms with Crippen LogP contribution in [-0.2, 0) is 0 Å². The van der Waals surface area contributed by atoms with Gasteiger partial charge in [0.15, 0.2) is 0 Å². The standard InChI is InChI=1S/C12H11FN2O.C2H6/c1-16-11-4-2-9(3-5-11)15-10-6-7-14-12(13)8-10;1-2/h2-8H,1H3,(H,14,15);1-2H3. The second kappa shape index (κ2) is 7.27. The lowest BCUT2D eigenvalue weighted by molar-refractivity contribution is 0.415. The molecule has 4 heteroatoms. The van der Waals surface area contributed by atoms with Crippen molar-refractivity contribution < 1.29 is 9.13 Å². The lowest BCUT2D eigenvalue weighted by Crippen LogP contribution is -1.92. The summed E-state index contributed by atoms with van der Waals surface area (Å²) < 4.78 is 17.9. The van der Waals surface area contributed by atoms with E-state index in [2.05, 4.69) is 10.3 Å². The molecule has 0 fully saturated rings. The van der Waals surface area contributed by atoms with Crippen LogP contribution in [-0.4, -0.2) is 12.1 Å². The molecular weight excluding hydrogens is 231 g/mol. The van der Waals surface area contributed by atoms with E-state index in [4.69, 9.17) is 4.74 Å². The van der Waals surface area contributed by atoms with Crippen LogP contribution in [0.2, 0.25) is 0 Å².